The van der Waals surface area contributed by atoms with E-state index in [1.54, 1.807) is 0 Å². The summed E-state index contributed by atoms with van der Waals surface area (Å²) in [6.45, 7) is 4.79. The highest BCUT2D eigenvalue weighted by molar-refractivity contribution is 9.11. The van der Waals surface area contributed by atoms with Crippen LogP contribution in [0.1, 0.15) is 12.5 Å². The normalized spacial score (nSPS) is 10.7. The van der Waals surface area contributed by atoms with E-state index in [1.165, 1.54) is 0 Å². The first-order valence-corrected chi connectivity index (χ1v) is 6.69. The molecule has 0 bridgehead atoms. The molecule has 0 heterocycles. The van der Waals surface area contributed by atoms with Crippen molar-refractivity contribution >= 4 is 31.9 Å². The highest BCUT2D eigenvalue weighted by atomic mass is 79.9. The van der Waals surface area contributed by atoms with Crippen molar-refractivity contribution in [3.05, 3.63) is 26.6 Å². The van der Waals surface area contributed by atoms with Crippen molar-refractivity contribution in [2.75, 3.05) is 19.8 Å². The number of hydrogen-bond donors (Lipinski definition) is 2. The van der Waals surface area contributed by atoms with Gasteiger partial charge in [-0.1, -0.05) is 15.9 Å². The molecular weight excluding hydrogens is 338 g/mol. The Balaban J connectivity index is 2.47. The maximum absolute atomic E-state index is 9.79. The molecule has 0 amide bonds. The molecule has 1 aromatic rings. The molecule has 2 N–H and O–H groups in total. The summed E-state index contributed by atoms with van der Waals surface area (Å²) < 4.78 is 6.85. The van der Waals surface area contributed by atoms with E-state index >= 15 is 0 Å². The molecule has 1 rings (SSSR count). The minimum Gasteiger partial charge on any atom is -0.506 e. The molecule has 5 heteroatoms. The molecule has 0 saturated carbocycles. The molecule has 16 heavy (non-hydrogen) atoms. The van der Waals surface area contributed by atoms with Gasteiger partial charge in [-0.15, -0.1) is 0 Å². The average molecular weight is 353 g/mol. The number of phenolic OH excluding ortho intramolecular Hbond substituents is 1. The molecule has 90 valence electrons. The van der Waals surface area contributed by atoms with Crippen LogP contribution in [0.2, 0.25) is 0 Å². The van der Waals surface area contributed by atoms with E-state index < -0.39 is 0 Å². The van der Waals surface area contributed by atoms with Crippen molar-refractivity contribution in [3.63, 3.8) is 0 Å². The van der Waals surface area contributed by atoms with E-state index in [2.05, 4.69) is 37.2 Å². The minimum atomic E-state index is 0.284. The molecule has 3 nitrogen and oxygen atoms in total. The SMILES string of the molecule is CCOCCNCc1cc(Br)cc(Br)c1O. The van der Waals surface area contributed by atoms with Crippen LogP contribution >= 0.6 is 31.9 Å². The van der Waals surface area contributed by atoms with E-state index in [4.69, 9.17) is 4.74 Å². The average Bonchev–Trinajstić information content (AvgIpc) is 2.24. The highest BCUT2D eigenvalue weighted by Gasteiger charge is 2.06. The topological polar surface area (TPSA) is 41.5 Å². The molecule has 0 radical (unpaired) electrons. The van der Waals surface area contributed by atoms with Gasteiger partial charge in [-0.3, -0.25) is 0 Å². The number of phenols is 1. The van der Waals surface area contributed by atoms with Gasteiger partial charge in [0.1, 0.15) is 5.75 Å². The molecular formula is C11H15Br2NO2. The van der Waals surface area contributed by atoms with Gasteiger partial charge in [0.2, 0.25) is 0 Å². The Hall–Kier alpha value is -0.100. The Labute approximate surface area is 112 Å². The van der Waals surface area contributed by atoms with Gasteiger partial charge in [0.05, 0.1) is 11.1 Å². The first kappa shape index (κ1) is 14.0. The summed E-state index contributed by atoms with van der Waals surface area (Å²) >= 11 is 6.69. The third-order valence-corrected chi connectivity index (χ3v) is 3.11. The van der Waals surface area contributed by atoms with Crippen molar-refractivity contribution < 1.29 is 9.84 Å². The van der Waals surface area contributed by atoms with Gasteiger partial charge in [-0.05, 0) is 35.0 Å². The Morgan fingerprint density at radius 3 is 2.81 bits per heavy atom. The molecule has 1 aromatic carbocycles. The standard InChI is InChI=1S/C11H15Br2NO2/c1-2-16-4-3-14-7-8-5-9(12)6-10(13)11(8)15/h5-6,14-15H,2-4,7H2,1H3. The van der Waals surface area contributed by atoms with Crippen LogP contribution in [0, 0.1) is 0 Å². The zero-order valence-corrected chi connectivity index (χ0v) is 12.3. The second kappa shape index (κ2) is 7.27. The lowest BCUT2D eigenvalue weighted by atomic mass is 10.2. The van der Waals surface area contributed by atoms with Gasteiger partial charge < -0.3 is 15.2 Å². The van der Waals surface area contributed by atoms with Crippen molar-refractivity contribution in [3.8, 4) is 5.75 Å². The molecule has 0 atom stereocenters. The second-order valence-corrected chi connectivity index (χ2v) is 5.04. The van der Waals surface area contributed by atoms with Crippen molar-refractivity contribution in [1.29, 1.82) is 0 Å². The lowest BCUT2D eigenvalue weighted by Gasteiger charge is -2.09. The fraction of sp³-hybridized carbons (Fsp3) is 0.455. The number of aromatic hydroxyl groups is 1. The zero-order chi connectivity index (χ0) is 12.0. The largest absolute Gasteiger partial charge is 0.506 e. The third-order valence-electron chi connectivity index (χ3n) is 2.05. The predicted molar refractivity (Wildman–Crippen MR) is 71.7 cm³/mol. The fourth-order valence-electron chi connectivity index (χ4n) is 1.27. The summed E-state index contributed by atoms with van der Waals surface area (Å²) in [4.78, 5) is 0. The summed E-state index contributed by atoms with van der Waals surface area (Å²) in [6.07, 6.45) is 0. The Morgan fingerprint density at radius 1 is 1.38 bits per heavy atom. The first-order chi connectivity index (χ1) is 7.65. The van der Waals surface area contributed by atoms with Crippen molar-refractivity contribution in [2.45, 2.75) is 13.5 Å². The van der Waals surface area contributed by atoms with Crippen LogP contribution in [-0.4, -0.2) is 24.9 Å². The lowest BCUT2D eigenvalue weighted by Crippen LogP contribution is -2.19. The second-order valence-electron chi connectivity index (χ2n) is 3.27. The van der Waals surface area contributed by atoms with Crippen LogP contribution in [0.5, 0.6) is 5.75 Å². The van der Waals surface area contributed by atoms with Gasteiger partial charge in [0.25, 0.3) is 0 Å². The zero-order valence-electron chi connectivity index (χ0n) is 9.09. The fourth-order valence-corrected chi connectivity index (χ4v) is 2.58. The van der Waals surface area contributed by atoms with Crippen LogP contribution in [0.3, 0.4) is 0 Å². The molecule has 0 unspecified atom stereocenters. The van der Waals surface area contributed by atoms with Crippen LogP contribution < -0.4 is 5.32 Å². The van der Waals surface area contributed by atoms with Crippen molar-refractivity contribution in [2.24, 2.45) is 0 Å². The quantitative estimate of drug-likeness (QED) is 0.773. The molecule has 0 spiro atoms. The van der Waals surface area contributed by atoms with Crippen LogP contribution in [0.25, 0.3) is 0 Å². The van der Waals surface area contributed by atoms with Crippen LogP contribution in [-0.2, 0) is 11.3 Å². The minimum absolute atomic E-state index is 0.284. The van der Waals surface area contributed by atoms with E-state index in [0.29, 0.717) is 17.6 Å². The molecule has 0 saturated heterocycles. The van der Waals surface area contributed by atoms with Gasteiger partial charge in [-0.2, -0.15) is 0 Å². The third kappa shape index (κ3) is 4.41. The Morgan fingerprint density at radius 2 is 2.12 bits per heavy atom. The molecule has 0 aliphatic rings. The lowest BCUT2D eigenvalue weighted by molar-refractivity contribution is 0.149. The summed E-state index contributed by atoms with van der Waals surface area (Å²) in [5, 5.41) is 13.0. The monoisotopic (exact) mass is 351 g/mol. The summed E-state index contributed by atoms with van der Waals surface area (Å²) in [7, 11) is 0. The number of hydrogen-bond acceptors (Lipinski definition) is 3. The van der Waals surface area contributed by atoms with Gasteiger partial charge >= 0.3 is 0 Å². The molecule has 0 aromatic heterocycles. The van der Waals surface area contributed by atoms with Crippen LogP contribution in [0.4, 0.5) is 0 Å². The highest BCUT2D eigenvalue weighted by Crippen LogP contribution is 2.31. The summed E-state index contributed by atoms with van der Waals surface area (Å²) in [5.41, 5.74) is 0.859. The van der Waals surface area contributed by atoms with Gasteiger partial charge in [-0.25, -0.2) is 0 Å². The van der Waals surface area contributed by atoms with Gasteiger partial charge in [0, 0.05) is 29.7 Å². The number of halogens is 2. The molecule has 0 aliphatic carbocycles. The smallest absolute Gasteiger partial charge is 0.134 e. The van der Waals surface area contributed by atoms with E-state index in [9.17, 15) is 5.11 Å². The molecule has 0 fully saturated rings. The molecule has 0 aliphatic heterocycles. The number of nitrogens with one attached hydrogen (secondary N) is 1. The maximum atomic E-state index is 9.79. The van der Waals surface area contributed by atoms with Crippen LogP contribution in [0.15, 0.2) is 21.1 Å². The summed E-state index contributed by atoms with van der Waals surface area (Å²) in [6, 6.07) is 3.72. The first-order valence-electron chi connectivity index (χ1n) is 5.10. The Kier molecular flexibility index (Phi) is 6.34. The maximum Gasteiger partial charge on any atom is 0.134 e. The van der Waals surface area contributed by atoms with E-state index in [0.717, 1.165) is 23.2 Å². The van der Waals surface area contributed by atoms with Crippen molar-refractivity contribution in [1.82, 2.24) is 5.32 Å². The number of rotatable bonds is 6. The summed E-state index contributed by atoms with van der Waals surface area (Å²) in [5.74, 6) is 0.284. The van der Waals surface area contributed by atoms with E-state index in [1.807, 2.05) is 19.1 Å². The number of ether oxygens (including phenoxy) is 1. The Bertz CT molecular complexity index is 345. The van der Waals surface area contributed by atoms with E-state index in [-0.39, 0.29) is 5.75 Å². The number of benzene rings is 1. The van der Waals surface area contributed by atoms with Gasteiger partial charge in [0.15, 0.2) is 0 Å². The predicted octanol–water partition coefficient (Wildman–Crippen LogP) is 3.04.